The van der Waals surface area contributed by atoms with Crippen LogP contribution < -0.4 is 4.74 Å². The van der Waals surface area contributed by atoms with Gasteiger partial charge in [0.05, 0.1) is 13.0 Å². The third kappa shape index (κ3) is 4.26. The van der Waals surface area contributed by atoms with Crippen LogP contribution in [-0.2, 0) is 16.0 Å². The molecule has 0 aliphatic carbocycles. The number of likely N-dealkylation sites (N-methyl/N-ethyl adjacent to an activating group) is 1. The summed E-state index contributed by atoms with van der Waals surface area (Å²) in [5, 5.41) is 9.04. The number of benzene rings is 1. The van der Waals surface area contributed by atoms with Crippen LogP contribution in [0.25, 0.3) is 0 Å². The average molecular weight is 279 g/mol. The largest absolute Gasteiger partial charge is 0.494 e. The molecule has 0 aliphatic heterocycles. The Kier molecular flexibility index (Phi) is 6.03. The zero-order valence-electron chi connectivity index (χ0n) is 12.1. The van der Waals surface area contributed by atoms with Gasteiger partial charge in [-0.3, -0.25) is 4.79 Å². The molecule has 110 valence electrons. The summed E-state index contributed by atoms with van der Waals surface area (Å²) < 4.78 is 5.33. The number of carboxylic acid groups (broad SMARTS) is 1. The molecule has 1 atom stereocenters. The third-order valence-electron chi connectivity index (χ3n) is 3.12. The summed E-state index contributed by atoms with van der Waals surface area (Å²) in [6, 6.07) is 6.48. The molecular weight excluding hydrogens is 258 g/mol. The maximum atomic E-state index is 12.1. The van der Waals surface area contributed by atoms with Crippen LogP contribution in [-0.4, -0.2) is 41.6 Å². The predicted molar refractivity (Wildman–Crippen MR) is 75.8 cm³/mol. The van der Waals surface area contributed by atoms with Crippen LogP contribution >= 0.6 is 0 Å². The molecule has 0 spiro atoms. The smallest absolute Gasteiger partial charge is 0.326 e. The first-order valence-corrected chi connectivity index (χ1v) is 6.69. The maximum Gasteiger partial charge on any atom is 0.326 e. The summed E-state index contributed by atoms with van der Waals surface area (Å²) in [5.74, 6) is -0.424. The number of amides is 1. The monoisotopic (exact) mass is 279 g/mol. The van der Waals surface area contributed by atoms with Gasteiger partial charge in [-0.2, -0.15) is 0 Å². The minimum atomic E-state index is -0.977. The van der Waals surface area contributed by atoms with Crippen molar-refractivity contribution in [3.8, 4) is 5.75 Å². The number of carbonyl (C=O) groups excluding carboxylic acids is 1. The number of nitrogens with zero attached hydrogens (tertiary/aromatic N) is 1. The first-order valence-electron chi connectivity index (χ1n) is 6.69. The lowest BCUT2D eigenvalue weighted by Crippen LogP contribution is -2.42. The fourth-order valence-corrected chi connectivity index (χ4v) is 1.96. The molecule has 0 aliphatic rings. The Balaban J connectivity index is 2.67. The molecule has 0 heterocycles. The van der Waals surface area contributed by atoms with Crippen LogP contribution in [0, 0.1) is 0 Å². The van der Waals surface area contributed by atoms with E-state index in [4.69, 9.17) is 9.84 Å². The van der Waals surface area contributed by atoms with Crippen molar-refractivity contribution in [1.29, 1.82) is 0 Å². The van der Waals surface area contributed by atoms with Crippen LogP contribution in [0.5, 0.6) is 5.75 Å². The van der Waals surface area contributed by atoms with Crippen molar-refractivity contribution in [3.63, 3.8) is 0 Å². The molecule has 1 rings (SSSR count). The first-order chi connectivity index (χ1) is 9.49. The lowest BCUT2D eigenvalue weighted by molar-refractivity contribution is -0.148. The molecule has 5 heteroatoms. The van der Waals surface area contributed by atoms with E-state index in [9.17, 15) is 9.59 Å². The van der Waals surface area contributed by atoms with Crippen LogP contribution in [0.3, 0.4) is 0 Å². The Morgan fingerprint density at radius 2 is 1.85 bits per heavy atom. The average Bonchev–Trinajstić information content (AvgIpc) is 2.41. The van der Waals surface area contributed by atoms with E-state index in [2.05, 4.69) is 0 Å². The fourth-order valence-electron chi connectivity index (χ4n) is 1.96. The Hall–Kier alpha value is -2.04. The number of rotatable bonds is 7. The molecule has 1 unspecified atom stereocenters. The van der Waals surface area contributed by atoms with Crippen molar-refractivity contribution in [3.05, 3.63) is 29.8 Å². The second kappa shape index (κ2) is 7.53. The van der Waals surface area contributed by atoms with Crippen LogP contribution in [0.4, 0.5) is 0 Å². The maximum absolute atomic E-state index is 12.1. The fraction of sp³-hybridized carbons (Fsp3) is 0.467. The number of carboxylic acids is 1. The van der Waals surface area contributed by atoms with E-state index < -0.39 is 12.0 Å². The summed E-state index contributed by atoms with van der Waals surface area (Å²) in [6.45, 7) is 4.25. The van der Waals surface area contributed by atoms with Crippen molar-refractivity contribution in [2.75, 3.05) is 13.7 Å². The Morgan fingerprint density at radius 3 is 2.30 bits per heavy atom. The van der Waals surface area contributed by atoms with E-state index >= 15 is 0 Å². The molecule has 0 saturated carbocycles. The zero-order valence-corrected chi connectivity index (χ0v) is 12.1. The van der Waals surface area contributed by atoms with Crippen molar-refractivity contribution in [2.45, 2.75) is 32.7 Å². The van der Waals surface area contributed by atoms with Gasteiger partial charge in [0.15, 0.2) is 0 Å². The molecule has 20 heavy (non-hydrogen) atoms. The van der Waals surface area contributed by atoms with E-state index in [1.807, 2.05) is 19.1 Å². The normalized spacial score (nSPS) is 11.8. The van der Waals surface area contributed by atoms with Gasteiger partial charge in [-0.05, 0) is 31.0 Å². The van der Waals surface area contributed by atoms with Gasteiger partial charge in [0, 0.05) is 7.05 Å². The number of aliphatic carboxylic acids is 1. The highest BCUT2D eigenvalue weighted by molar-refractivity contribution is 5.84. The lowest BCUT2D eigenvalue weighted by Gasteiger charge is -2.23. The van der Waals surface area contributed by atoms with Gasteiger partial charge in [-0.1, -0.05) is 19.1 Å². The van der Waals surface area contributed by atoms with E-state index in [0.29, 0.717) is 13.0 Å². The van der Waals surface area contributed by atoms with Crippen molar-refractivity contribution < 1.29 is 19.4 Å². The standard InChI is InChI=1S/C15H21NO4/c1-4-13(15(18)19)16(3)14(17)10-11-6-8-12(9-7-11)20-5-2/h6-9,13H,4-5,10H2,1-3H3,(H,18,19). The molecule has 0 radical (unpaired) electrons. The highest BCUT2D eigenvalue weighted by Gasteiger charge is 2.24. The molecule has 0 aromatic heterocycles. The molecule has 1 aromatic carbocycles. The summed E-state index contributed by atoms with van der Waals surface area (Å²) >= 11 is 0. The lowest BCUT2D eigenvalue weighted by atomic mass is 10.1. The number of ether oxygens (including phenoxy) is 1. The van der Waals surface area contributed by atoms with Gasteiger partial charge in [-0.25, -0.2) is 4.79 Å². The van der Waals surface area contributed by atoms with E-state index in [0.717, 1.165) is 11.3 Å². The van der Waals surface area contributed by atoms with Gasteiger partial charge in [-0.15, -0.1) is 0 Å². The molecule has 5 nitrogen and oxygen atoms in total. The van der Waals surface area contributed by atoms with Crippen LogP contribution in [0.2, 0.25) is 0 Å². The minimum Gasteiger partial charge on any atom is -0.494 e. The van der Waals surface area contributed by atoms with Crippen LogP contribution in [0.15, 0.2) is 24.3 Å². The summed E-state index contributed by atoms with van der Waals surface area (Å²) in [4.78, 5) is 24.4. The second-order valence-corrected chi connectivity index (χ2v) is 4.52. The summed E-state index contributed by atoms with van der Waals surface area (Å²) in [6.07, 6.45) is 0.577. The van der Waals surface area contributed by atoms with Gasteiger partial charge < -0.3 is 14.7 Å². The third-order valence-corrected chi connectivity index (χ3v) is 3.12. The highest BCUT2D eigenvalue weighted by atomic mass is 16.5. The summed E-state index contributed by atoms with van der Waals surface area (Å²) in [7, 11) is 1.53. The molecule has 0 fully saturated rings. The molecule has 1 amide bonds. The van der Waals surface area contributed by atoms with Gasteiger partial charge >= 0.3 is 5.97 Å². The number of hydrogen-bond donors (Lipinski definition) is 1. The molecule has 1 aromatic rings. The van der Waals surface area contributed by atoms with E-state index in [-0.39, 0.29) is 12.3 Å². The van der Waals surface area contributed by atoms with Crippen molar-refractivity contribution >= 4 is 11.9 Å². The van der Waals surface area contributed by atoms with Gasteiger partial charge in [0.25, 0.3) is 0 Å². The van der Waals surface area contributed by atoms with E-state index in [1.54, 1.807) is 19.1 Å². The Morgan fingerprint density at radius 1 is 1.25 bits per heavy atom. The summed E-state index contributed by atoms with van der Waals surface area (Å²) in [5.41, 5.74) is 0.838. The van der Waals surface area contributed by atoms with Gasteiger partial charge in [0.2, 0.25) is 5.91 Å². The minimum absolute atomic E-state index is 0.187. The van der Waals surface area contributed by atoms with Gasteiger partial charge in [0.1, 0.15) is 11.8 Å². The Bertz CT molecular complexity index is 455. The Labute approximate surface area is 119 Å². The molecule has 0 bridgehead atoms. The topological polar surface area (TPSA) is 66.8 Å². The van der Waals surface area contributed by atoms with Crippen molar-refractivity contribution in [2.24, 2.45) is 0 Å². The molecular formula is C15H21NO4. The highest BCUT2D eigenvalue weighted by Crippen LogP contribution is 2.14. The zero-order chi connectivity index (χ0) is 15.1. The van der Waals surface area contributed by atoms with Crippen LogP contribution in [0.1, 0.15) is 25.8 Å². The number of carbonyl (C=O) groups is 2. The molecule has 0 saturated heterocycles. The predicted octanol–water partition coefficient (Wildman–Crippen LogP) is 1.95. The van der Waals surface area contributed by atoms with Crippen molar-refractivity contribution in [1.82, 2.24) is 4.90 Å². The molecule has 1 N–H and O–H groups in total. The first kappa shape index (κ1) is 16.0. The SMILES string of the molecule is CCOc1ccc(CC(=O)N(C)C(CC)C(=O)O)cc1. The quantitative estimate of drug-likeness (QED) is 0.828. The van der Waals surface area contributed by atoms with E-state index in [1.165, 1.54) is 11.9 Å². The number of hydrogen-bond acceptors (Lipinski definition) is 3. The second-order valence-electron chi connectivity index (χ2n) is 4.52.